The topological polar surface area (TPSA) is 41.8 Å². The molecule has 2 rings (SSSR count). The van der Waals surface area contributed by atoms with Gasteiger partial charge in [-0.25, -0.2) is 0 Å². The number of aromatic nitrogens is 1. The van der Waals surface area contributed by atoms with Crippen molar-refractivity contribution in [2.24, 2.45) is 17.1 Å². The zero-order valence-corrected chi connectivity index (χ0v) is 7.67. The molecule has 0 spiro atoms. The lowest BCUT2D eigenvalue weighted by Crippen LogP contribution is -2.05. The molecule has 2 heteroatoms. The molecule has 2 unspecified atom stereocenters. The highest BCUT2D eigenvalue weighted by atomic mass is 14.8. The van der Waals surface area contributed by atoms with E-state index in [1.165, 1.54) is 5.69 Å². The molecule has 1 saturated carbocycles. The fourth-order valence-electron chi connectivity index (χ4n) is 2.34. The van der Waals surface area contributed by atoms with Gasteiger partial charge in [-0.2, -0.15) is 0 Å². The zero-order valence-electron chi connectivity index (χ0n) is 7.67. The van der Waals surface area contributed by atoms with Crippen LogP contribution in [0.25, 0.3) is 0 Å². The van der Waals surface area contributed by atoms with E-state index in [0.29, 0.717) is 17.3 Å². The van der Waals surface area contributed by atoms with Crippen LogP contribution in [-0.4, -0.2) is 11.5 Å². The van der Waals surface area contributed by atoms with E-state index in [4.69, 9.17) is 5.73 Å². The van der Waals surface area contributed by atoms with E-state index in [1.54, 1.807) is 0 Å². The summed E-state index contributed by atoms with van der Waals surface area (Å²) in [6.45, 7) is 5.38. The normalized spacial score (nSPS) is 31.9. The first-order valence-corrected chi connectivity index (χ1v) is 4.51. The van der Waals surface area contributed by atoms with Gasteiger partial charge >= 0.3 is 0 Å². The molecule has 1 fully saturated rings. The summed E-state index contributed by atoms with van der Waals surface area (Å²) in [7, 11) is 0. The van der Waals surface area contributed by atoms with E-state index >= 15 is 0 Å². The number of rotatable bonds is 2. The van der Waals surface area contributed by atoms with Crippen molar-refractivity contribution in [3.05, 3.63) is 24.0 Å². The molecule has 1 aromatic rings. The lowest BCUT2D eigenvalue weighted by Gasteiger charge is -1.99. The fourth-order valence-corrected chi connectivity index (χ4v) is 2.34. The summed E-state index contributed by atoms with van der Waals surface area (Å²) in [6, 6.07) is 4.21. The van der Waals surface area contributed by atoms with Crippen LogP contribution in [0.4, 0.5) is 0 Å². The summed E-state index contributed by atoms with van der Waals surface area (Å²) >= 11 is 0. The van der Waals surface area contributed by atoms with Crippen molar-refractivity contribution < 1.29 is 0 Å². The fraction of sp³-hybridized carbons (Fsp3) is 0.600. The van der Waals surface area contributed by atoms with Gasteiger partial charge in [0.1, 0.15) is 0 Å². The molecular weight excluding hydrogens is 148 g/mol. The average Bonchev–Trinajstić information content (AvgIpc) is 2.50. The van der Waals surface area contributed by atoms with E-state index in [1.807, 2.05) is 6.20 Å². The molecule has 1 heterocycles. The molecule has 0 aliphatic heterocycles. The van der Waals surface area contributed by atoms with Crippen LogP contribution in [0.15, 0.2) is 18.3 Å². The van der Waals surface area contributed by atoms with Crippen LogP contribution in [0.1, 0.15) is 25.5 Å². The first-order chi connectivity index (χ1) is 5.68. The Morgan fingerprint density at radius 3 is 2.75 bits per heavy atom. The minimum Gasteiger partial charge on any atom is -0.365 e. The maximum Gasteiger partial charge on any atom is 0.0187 e. The summed E-state index contributed by atoms with van der Waals surface area (Å²) in [6.07, 6.45) is 1.98. The Hall–Kier alpha value is -0.760. The highest BCUT2D eigenvalue weighted by molar-refractivity contribution is 5.26. The molecule has 0 bridgehead atoms. The van der Waals surface area contributed by atoms with Crippen molar-refractivity contribution >= 4 is 0 Å². The Morgan fingerprint density at radius 2 is 2.33 bits per heavy atom. The molecule has 2 atom stereocenters. The summed E-state index contributed by atoms with van der Waals surface area (Å²) < 4.78 is 0. The second-order valence-corrected chi connectivity index (χ2v) is 4.27. The molecule has 0 radical (unpaired) electrons. The maximum atomic E-state index is 5.69. The number of H-pyrrole nitrogens is 1. The molecule has 1 aliphatic carbocycles. The molecule has 0 amide bonds. The summed E-state index contributed by atoms with van der Waals surface area (Å²) in [4.78, 5) is 3.26. The number of aromatic amines is 1. The summed E-state index contributed by atoms with van der Waals surface area (Å²) in [5, 5.41) is 0. The Morgan fingerprint density at radius 1 is 1.58 bits per heavy atom. The molecule has 3 N–H and O–H groups in total. The molecule has 12 heavy (non-hydrogen) atoms. The van der Waals surface area contributed by atoms with E-state index in [2.05, 4.69) is 31.0 Å². The Balaban J connectivity index is 2.19. The van der Waals surface area contributed by atoms with Crippen molar-refractivity contribution in [2.45, 2.75) is 19.8 Å². The number of nitrogens with two attached hydrogens (primary N) is 1. The van der Waals surface area contributed by atoms with E-state index in [-0.39, 0.29) is 0 Å². The monoisotopic (exact) mass is 164 g/mol. The van der Waals surface area contributed by atoms with Crippen molar-refractivity contribution in [3.63, 3.8) is 0 Å². The Kier molecular flexibility index (Phi) is 1.55. The summed E-state index contributed by atoms with van der Waals surface area (Å²) in [5.74, 6) is 1.31. The summed E-state index contributed by atoms with van der Waals surface area (Å²) in [5.41, 5.74) is 7.44. The van der Waals surface area contributed by atoms with Gasteiger partial charge in [0, 0.05) is 17.8 Å². The van der Waals surface area contributed by atoms with Crippen molar-refractivity contribution in [3.8, 4) is 0 Å². The molecule has 0 aromatic carbocycles. The van der Waals surface area contributed by atoms with Gasteiger partial charge in [-0.15, -0.1) is 0 Å². The smallest absolute Gasteiger partial charge is 0.0187 e. The van der Waals surface area contributed by atoms with E-state index in [9.17, 15) is 0 Å². The second kappa shape index (κ2) is 2.36. The zero-order chi connectivity index (χ0) is 8.77. The number of hydrogen-bond donors (Lipinski definition) is 2. The molecule has 1 aromatic heterocycles. The SMILES string of the molecule is CC1(C)C(CN)C1c1ccc[nH]1. The van der Waals surface area contributed by atoms with Crippen LogP contribution in [-0.2, 0) is 0 Å². The molecule has 1 aliphatic rings. The maximum absolute atomic E-state index is 5.69. The average molecular weight is 164 g/mol. The highest BCUT2D eigenvalue weighted by Crippen LogP contribution is 2.63. The van der Waals surface area contributed by atoms with Crippen molar-refractivity contribution in [1.82, 2.24) is 4.98 Å². The van der Waals surface area contributed by atoms with Gasteiger partial charge < -0.3 is 10.7 Å². The van der Waals surface area contributed by atoms with Gasteiger partial charge in [0.05, 0.1) is 0 Å². The van der Waals surface area contributed by atoms with Gasteiger partial charge in [-0.3, -0.25) is 0 Å². The number of nitrogens with one attached hydrogen (secondary N) is 1. The highest BCUT2D eigenvalue weighted by Gasteiger charge is 2.57. The van der Waals surface area contributed by atoms with Crippen molar-refractivity contribution in [1.29, 1.82) is 0 Å². The van der Waals surface area contributed by atoms with E-state index < -0.39 is 0 Å². The lowest BCUT2D eigenvalue weighted by molar-refractivity contribution is 0.557. The van der Waals surface area contributed by atoms with Crippen LogP contribution >= 0.6 is 0 Å². The predicted molar refractivity (Wildman–Crippen MR) is 49.9 cm³/mol. The first kappa shape index (κ1) is 7.87. The second-order valence-electron chi connectivity index (χ2n) is 4.27. The Bertz CT molecular complexity index is 261. The van der Waals surface area contributed by atoms with Gasteiger partial charge in [-0.05, 0) is 30.0 Å². The van der Waals surface area contributed by atoms with Gasteiger partial charge in [-0.1, -0.05) is 13.8 Å². The Labute approximate surface area is 73.2 Å². The molecule has 2 nitrogen and oxygen atoms in total. The lowest BCUT2D eigenvalue weighted by atomic mass is 10.1. The third-order valence-corrected chi connectivity index (χ3v) is 3.26. The molecule has 0 saturated heterocycles. The van der Waals surface area contributed by atoms with Gasteiger partial charge in [0.15, 0.2) is 0 Å². The standard InChI is InChI=1S/C10H16N2/c1-10(2)7(6-11)9(10)8-4-3-5-12-8/h3-5,7,9,12H,6,11H2,1-2H3. The molecule has 66 valence electrons. The largest absolute Gasteiger partial charge is 0.365 e. The van der Waals surface area contributed by atoms with Crippen LogP contribution in [0, 0.1) is 11.3 Å². The predicted octanol–water partition coefficient (Wildman–Crippen LogP) is 1.71. The van der Waals surface area contributed by atoms with Crippen molar-refractivity contribution in [2.75, 3.05) is 6.54 Å². The van der Waals surface area contributed by atoms with Gasteiger partial charge in [0.2, 0.25) is 0 Å². The minimum atomic E-state index is 0.402. The minimum absolute atomic E-state index is 0.402. The van der Waals surface area contributed by atoms with Crippen LogP contribution in [0.2, 0.25) is 0 Å². The van der Waals surface area contributed by atoms with E-state index in [0.717, 1.165) is 6.54 Å². The van der Waals surface area contributed by atoms with Crippen LogP contribution in [0.5, 0.6) is 0 Å². The first-order valence-electron chi connectivity index (χ1n) is 4.51. The van der Waals surface area contributed by atoms with Crippen LogP contribution < -0.4 is 5.73 Å². The van der Waals surface area contributed by atoms with Gasteiger partial charge in [0.25, 0.3) is 0 Å². The molecular formula is C10H16N2. The number of hydrogen-bond acceptors (Lipinski definition) is 1. The quantitative estimate of drug-likeness (QED) is 0.686. The third-order valence-electron chi connectivity index (χ3n) is 3.26. The third kappa shape index (κ3) is 0.911. The van der Waals surface area contributed by atoms with Crippen LogP contribution in [0.3, 0.4) is 0 Å².